The Labute approximate surface area is 114 Å². The SMILES string of the molecule is COc1c(CC2CCNCC2)ccc2c1OCCO2. The summed E-state index contributed by atoms with van der Waals surface area (Å²) in [5, 5.41) is 3.40. The Morgan fingerprint density at radius 1 is 1.21 bits per heavy atom. The fourth-order valence-corrected chi connectivity index (χ4v) is 2.91. The lowest BCUT2D eigenvalue weighted by Crippen LogP contribution is -2.28. The van der Waals surface area contributed by atoms with Crippen LogP contribution >= 0.6 is 0 Å². The van der Waals surface area contributed by atoms with Gasteiger partial charge in [-0.25, -0.2) is 0 Å². The molecule has 2 heterocycles. The molecule has 104 valence electrons. The van der Waals surface area contributed by atoms with Crippen LogP contribution in [0.2, 0.25) is 0 Å². The van der Waals surface area contributed by atoms with Crippen LogP contribution in [0.1, 0.15) is 18.4 Å². The minimum Gasteiger partial charge on any atom is -0.492 e. The number of hydrogen-bond donors (Lipinski definition) is 1. The smallest absolute Gasteiger partial charge is 0.203 e. The zero-order chi connectivity index (χ0) is 13.1. The van der Waals surface area contributed by atoms with Gasteiger partial charge in [0.05, 0.1) is 7.11 Å². The van der Waals surface area contributed by atoms with Crippen LogP contribution in [-0.2, 0) is 6.42 Å². The minimum absolute atomic E-state index is 0.597. The van der Waals surface area contributed by atoms with Crippen LogP contribution in [0.15, 0.2) is 12.1 Å². The third-order valence-electron chi connectivity index (χ3n) is 3.92. The normalized spacial score (nSPS) is 19.2. The van der Waals surface area contributed by atoms with E-state index in [0.29, 0.717) is 13.2 Å². The summed E-state index contributed by atoms with van der Waals surface area (Å²) in [5.41, 5.74) is 1.23. The Bertz CT molecular complexity index is 441. The third kappa shape index (κ3) is 2.63. The van der Waals surface area contributed by atoms with Crippen molar-refractivity contribution in [1.29, 1.82) is 0 Å². The van der Waals surface area contributed by atoms with Gasteiger partial charge in [0.2, 0.25) is 5.75 Å². The minimum atomic E-state index is 0.597. The predicted octanol–water partition coefficient (Wildman–Crippen LogP) is 2.01. The van der Waals surface area contributed by atoms with E-state index in [1.807, 2.05) is 6.07 Å². The molecule has 2 aliphatic rings. The van der Waals surface area contributed by atoms with Crippen LogP contribution in [0, 0.1) is 5.92 Å². The molecule has 1 N–H and O–H groups in total. The molecule has 4 nitrogen and oxygen atoms in total. The molecule has 1 aromatic carbocycles. The third-order valence-corrected chi connectivity index (χ3v) is 3.92. The van der Waals surface area contributed by atoms with Crippen molar-refractivity contribution in [3.05, 3.63) is 17.7 Å². The Balaban J connectivity index is 1.83. The fourth-order valence-electron chi connectivity index (χ4n) is 2.91. The molecular weight excluding hydrogens is 242 g/mol. The van der Waals surface area contributed by atoms with Gasteiger partial charge in [-0.3, -0.25) is 0 Å². The van der Waals surface area contributed by atoms with Crippen molar-refractivity contribution in [3.63, 3.8) is 0 Å². The molecule has 0 spiro atoms. The summed E-state index contributed by atoms with van der Waals surface area (Å²) in [6.45, 7) is 3.46. The first-order valence-electron chi connectivity index (χ1n) is 7.04. The van der Waals surface area contributed by atoms with Gasteiger partial charge < -0.3 is 19.5 Å². The average Bonchev–Trinajstić information content (AvgIpc) is 2.48. The molecule has 1 aromatic rings. The number of rotatable bonds is 3. The Hall–Kier alpha value is -1.42. The summed E-state index contributed by atoms with van der Waals surface area (Å²) in [5.74, 6) is 3.17. The van der Waals surface area contributed by atoms with Gasteiger partial charge in [0.25, 0.3) is 0 Å². The fraction of sp³-hybridized carbons (Fsp3) is 0.600. The molecule has 0 unspecified atom stereocenters. The summed E-state index contributed by atoms with van der Waals surface area (Å²) in [4.78, 5) is 0. The molecule has 0 aliphatic carbocycles. The molecule has 0 aromatic heterocycles. The van der Waals surface area contributed by atoms with E-state index in [1.54, 1.807) is 7.11 Å². The largest absolute Gasteiger partial charge is 0.492 e. The first kappa shape index (κ1) is 12.6. The molecule has 0 saturated carbocycles. The highest BCUT2D eigenvalue weighted by Gasteiger charge is 2.22. The molecule has 0 atom stereocenters. The molecule has 1 saturated heterocycles. The molecule has 0 amide bonds. The Morgan fingerprint density at radius 2 is 2.00 bits per heavy atom. The second kappa shape index (κ2) is 5.70. The van der Waals surface area contributed by atoms with Crippen molar-refractivity contribution < 1.29 is 14.2 Å². The van der Waals surface area contributed by atoms with E-state index in [4.69, 9.17) is 14.2 Å². The van der Waals surface area contributed by atoms with Crippen molar-refractivity contribution in [1.82, 2.24) is 5.32 Å². The Kier molecular flexibility index (Phi) is 3.78. The lowest BCUT2D eigenvalue weighted by Gasteiger charge is -2.26. The van der Waals surface area contributed by atoms with E-state index in [1.165, 1.54) is 18.4 Å². The maximum Gasteiger partial charge on any atom is 0.203 e. The number of ether oxygens (including phenoxy) is 3. The number of benzene rings is 1. The van der Waals surface area contributed by atoms with Crippen LogP contribution < -0.4 is 19.5 Å². The highest BCUT2D eigenvalue weighted by Crippen LogP contribution is 2.42. The Morgan fingerprint density at radius 3 is 2.79 bits per heavy atom. The van der Waals surface area contributed by atoms with E-state index in [0.717, 1.165) is 42.7 Å². The first-order valence-corrected chi connectivity index (χ1v) is 7.04. The van der Waals surface area contributed by atoms with Gasteiger partial charge in [-0.05, 0) is 49.9 Å². The zero-order valence-electron chi connectivity index (χ0n) is 11.4. The zero-order valence-corrected chi connectivity index (χ0v) is 11.4. The standard InChI is InChI=1S/C15H21NO3/c1-17-14-12(10-11-4-6-16-7-5-11)2-3-13-15(14)19-9-8-18-13/h2-3,11,16H,4-10H2,1H3. The van der Waals surface area contributed by atoms with E-state index in [9.17, 15) is 0 Å². The van der Waals surface area contributed by atoms with E-state index in [2.05, 4.69) is 11.4 Å². The summed E-state index contributed by atoms with van der Waals surface area (Å²) in [7, 11) is 1.71. The van der Waals surface area contributed by atoms with Crippen LogP contribution in [0.25, 0.3) is 0 Å². The number of nitrogens with one attached hydrogen (secondary N) is 1. The maximum atomic E-state index is 5.71. The number of hydrogen-bond acceptors (Lipinski definition) is 4. The van der Waals surface area contributed by atoms with Gasteiger partial charge in [-0.15, -0.1) is 0 Å². The van der Waals surface area contributed by atoms with Crippen molar-refractivity contribution in [2.75, 3.05) is 33.4 Å². The highest BCUT2D eigenvalue weighted by molar-refractivity contribution is 5.56. The quantitative estimate of drug-likeness (QED) is 0.905. The summed E-state index contributed by atoms with van der Waals surface area (Å²) < 4.78 is 16.9. The predicted molar refractivity (Wildman–Crippen MR) is 73.3 cm³/mol. The summed E-state index contributed by atoms with van der Waals surface area (Å²) in [6.07, 6.45) is 3.52. The number of piperidine rings is 1. The van der Waals surface area contributed by atoms with Crippen molar-refractivity contribution in [3.8, 4) is 17.2 Å². The van der Waals surface area contributed by atoms with Crippen molar-refractivity contribution >= 4 is 0 Å². The highest BCUT2D eigenvalue weighted by atomic mass is 16.6. The van der Waals surface area contributed by atoms with Crippen LogP contribution in [0.4, 0.5) is 0 Å². The molecule has 19 heavy (non-hydrogen) atoms. The summed E-state index contributed by atoms with van der Waals surface area (Å²) in [6, 6.07) is 4.13. The molecule has 4 heteroatoms. The van der Waals surface area contributed by atoms with Crippen LogP contribution in [0.5, 0.6) is 17.2 Å². The first-order chi connectivity index (χ1) is 9.38. The molecule has 1 fully saturated rings. The monoisotopic (exact) mass is 263 g/mol. The number of fused-ring (bicyclic) bond motifs is 1. The van der Waals surface area contributed by atoms with Crippen LogP contribution in [-0.4, -0.2) is 33.4 Å². The van der Waals surface area contributed by atoms with E-state index < -0.39 is 0 Å². The molecule has 0 radical (unpaired) electrons. The van der Waals surface area contributed by atoms with Gasteiger partial charge in [-0.2, -0.15) is 0 Å². The second-order valence-corrected chi connectivity index (χ2v) is 5.18. The molecular formula is C15H21NO3. The van der Waals surface area contributed by atoms with Gasteiger partial charge >= 0.3 is 0 Å². The molecule has 3 rings (SSSR count). The van der Waals surface area contributed by atoms with E-state index in [-0.39, 0.29) is 0 Å². The van der Waals surface area contributed by atoms with Crippen LogP contribution in [0.3, 0.4) is 0 Å². The topological polar surface area (TPSA) is 39.7 Å². The summed E-state index contributed by atoms with van der Waals surface area (Å²) >= 11 is 0. The van der Waals surface area contributed by atoms with E-state index >= 15 is 0 Å². The lowest BCUT2D eigenvalue weighted by atomic mass is 9.90. The van der Waals surface area contributed by atoms with Crippen molar-refractivity contribution in [2.24, 2.45) is 5.92 Å². The molecule has 0 bridgehead atoms. The second-order valence-electron chi connectivity index (χ2n) is 5.18. The van der Waals surface area contributed by atoms with Crippen molar-refractivity contribution in [2.45, 2.75) is 19.3 Å². The molecule has 2 aliphatic heterocycles. The maximum absolute atomic E-state index is 5.71. The van der Waals surface area contributed by atoms with Gasteiger partial charge in [-0.1, -0.05) is 6.07 Å². The van der Waals surface area contributed by atoms with Gasteiger partial charge in [0, 0.05) is 0 Å². The average molecular weight is 263 g/mol. The number of methoxy groups -OCH3 is 1. The van der Waals surface area contributed by atoms with Gasteiger partial charge in [0.15, 0.2) is 11.5 Å². The van der Waals surface area contributed by atoms with Gasteiger partial charge in [0.1, 0.15) is 13.2 Å². The lowest BCUT2D eigenvalue weighted by molar-refractivity contribution is 0.164.